The molecule has 0 aliphatic rings. The van der Waals surface area contributed by atoms with Gasteiger partial charge in [0.05, 0.1) is 0 Å². The van der Waals surface area contributed by atoms with Crippen molar-refractivity contribution in [2.24, 2.45) is 4.99 Å². The highest BCUT2D eigenvalue weighted by Crippen LogP contribution is 2.07. The molecule has 0 atom stereocenters. The second kappa shape index (κ2) is 13.1. The van der Waals surface area contributed by atoms with E-state index in [2.05, 4.69) is 40.4 Å². The largest absolute Gasteiger partial charge is 0.356 e. The molecule has 6 nitrogen and oxygen atoms in total. The van der Waals surface area contributed by atoms with Crippen molar-refractivity contribution in [2.75, 3.05) is 53.9 Å². The molecule has 0 heterocycles. The molecule has 0 saturated carbocycles. The third-order valence-corrected chi connectivity index (χ3v) is 4.60. The van der Waals surface area contributed by atoms with Crippen molar-refractivity contribution < 1.29 is 4.79 Å². The van der Waals surface area contributed by atoms with Crippen LogP contribution in [0.15, 0.2) is 29.3 Å². The summed E-state index contributed by atoms with van der Waals surface area (Å²) in [7, 11) is 5.34. The number of unbranched alkanes of at least 4 members (excludes halogenated alkanes) is 1. The van der Waals surface area contributed by atoms with Gasteiger partial charge < -0.3 is 20.4 Å². The lowest BCUT2D eigenvalue weighted by atomic mass is 10.1. The third kappa shape index (κ3) is 8.91. The van der Waals surface area contributed by atoms with Gasteiger partial charge in [0.15, 0.2) is 5.96 Å². The smallest absolute Gasteiger partial charge is 0.253 e. The molecule has 0 bridgehead atoms. The van der Waals surface area contributed by atoms with Gasteiger partial charge in [-0.2, -0.15) is 0 Å². The summed E-state index contributed by atoms with van der Waals surface area (Å²) >= 11 is 0. The first kappa shape index (κ1) is 23.0. The SMILES string of the molecule is CCN(CC)CCCCNC(=NC)NCCc1cccc(C(=O)N(C)C)c1. The topological polar surface area (TPSA) is 60.0 Å². The molecule has 0 aliphatic heterocycles. The summed E-state index contributed by atoms with van der Waals surface area (Å²) < 4.78 is 0. The third-order valence-electron chi connectivity index (χ3n) is 4.60. The molecule has 0 saturated heterocycles. The van der Waals surface area contributed by atoms with Crippen molar-refractivity contribution in [1.29, 1.82) is 0 Å². The second-order valence-electron chi connectivity index (χ2n) is 6.81. The first-order valence-corrected chi connectivity index (χ1v) is 9.99. The fourth-order valence-corrected chi connectivity index (χ4v) is 2.87. The average Bonchev–Trinajstić information content (AvgIpc) is 2.68. The minimum absolute atomic E-state index is 0.0343. The monoisotopic (exact) mass is 375 g/mol. The van der Waals surface area contributed by atoms with Crippen molar-refractivity contribution >= 4 is 11.9 Å². The Hall–Kier alpha value is -2.08. The number of amides is 1. The van der Waals surface area contributed by atoms with Gasteiger partial charge in [0.25, 0.3) is 5.91 Å². The molecule has 2 N–H and O–H groups in total. The van der Waals surface area contributed by atoms with Gasteiger partial charge in [0.1, 0.15) is 0 Å². The zero-order chi connectivity index (χ0) is 20.1. The zero-order valence-corrected chi connectivity index (χ0v) is 17.7. The van der Waals surface area contributed by atoms with Crippen molar-refractivity contribution in [3.63, 3.8) is 0 Å². The molecule has 0 spiro atoms. The van der Waals surface area contributed by atoms with Crippen LogP contribution in [0.2, 0.25) is 0 Å². The molecule has 152 valence electrons. The number of nitrogens with zero attached hydrogens (tertiary/aromatic N) is 3. The lowest BCUT2D eigenvalue weighted by Crippen LogP contribution is -2.39. The van der Waals surface area contributed by atoms with E-state index in [0.717, 1.165) is 62.7 Å². The zero-order valence-electron chi connectivity index (χ0n) is 17.7. The Morgan fingerprint density at radius 3 is 2.41 bits per heavy atom. The molecule has 0 radical (unpaired) electrons. The number of hydrogen-bond acceptors (Lipinski definition) is 3. The standard InChI is InChI=1S/C21H37N5O/c1-6-26(7-2)16-9-8-14-23-21(22-3)24-15-13-18-11-10-12-19(17-18)20(27)25(4)5/h10-12,17H,6-9,13-16H2,1-5H3,(H2,22,23,24). The van der Waals surface area contributed by atoms with Gasteiger partial charge >= 0.3 is 0 Å². The Kier molecular flexibility index (Phi) is 11.2. The Labute approximate surface area is 165 Å². The number of aliphatic imine (C=N–C) groups is 1. The molecule has 27 heavy (non-hydrogen) atoms. The van der Waals surface area contributed by atoms with Crippen LogP contribution in [0.4, 0.5) is 0 Å². The molecule has 0 aliphatic carbocycles. The maximum atomic E-state index is 12.1. The summed E-state index contributed by atoms with van der Waals surface area (Å²) in [6.45, 7) is 9.51. The number of guanidine groups is 1. The molecule has 1 aromatic rings. The van der Waals surface area contributed by atoms with Crippen molar-refractivity contribution in [1.82, 2.24) is 20.4 Å². The number of carbonyl (C=O) groups excluding carboxylic acids is 1. The van der Waals surface area contributed by atoms with Crippen molar-refractivity contribution in [2.45, 2.75) is 33.1 Å². The Morgan fingerprint density at radius 1 is 1.07 bits per heavy atom. The lowest BCUT2D eigenvalue weighted by Gasteiger charge is -2.18. The van der Waals surface area contributed by atoms with Crippen LogP contribution >= 0.6 is 0 Å². The van der Waals surface area contributed by atoms with Crippen LogP contribution < -0.4 is 10.6 Å². The van der Waals surface area contributed by atoms with Gasteiger partial charge in [0.2, 0.25) is 0 Å². The van der Waals surface area contributed by atoms with Crippen LogP contribution in [0.5, 0.6) is 0 Å². The highest BCUT2D eigenvalue weighted by molar-refractivity contribution is 5.94. The van der Waals surface area contributed by atoms with Gasteiger partial charge in [-0.15, -0.1) is 0 Å². The van der Waals surface area contributed by atoms with Crippen LogP contribution in [0.1, 0.15) is 42.6 Å². The highest BCUT2D eigenvalue weighted by atomic mass is 16.2. The van der Waals surface area contributed by atoms with Gasteiger partial charge in [-0.05, 0) is 56.6 Å². The van der Waals surface area contributed by atoms with Crippen molar-refractivity contribution in [3.05, 3.63) is 35.4 Å². The second-order valence-corrected chi connectivity index (χ2v) is 6.81. The van der Waals surface area contributed by atoms with Gasteiger partial charge in [-0.3, -0.25) is 9.79 Å². The van der Waals surface area contributed by atoms with Crippen LogP contribution in [0.3, 0.4) is 0 Å². The first-order valence-electron chi connectivity index (χ1n) is 9.99. The average molecular weight is 376 g/mol. The van der Waals surface area contributed by atoms with Gasteiger partial charge in [-0.1, -0.05) is 26.0 Å². The van der Waals surface area contributed by atoms with Crippen LogP contribution in [-0.4, -0.2) is 75.5 Å². The van der Waals surface area contributed by atoms with Crippen LogP contribution in [0, 0.1) is 0 Å². The number of nitrogens with one attached hydrogen (secondary N) is 2. The van der Waals surface area contributed by atoms with E-state index in [1.165, 1.54) is 6.42 Å². The molecule has 0 fully saturated rings. The number of rotatable bonds is 11. The first-order chi connectivity index (χ1) is 13.0. The quantitative estimate of drug-likeness (QED) is 0.354. The minimum atomic E-state index is 0.0343. The molecule has 6 heteroatoms. The molecule has 1 rings (SSSR count). The van der Waals surface area contributed by atoms with E-state index in [0.29, 0.717) is 0 Å². The summed E-state index contributed by atoms with van der Waals surface area (Å²) in [4.78, 5) is 20.4. The predicted molar refractivity (Wildman–Crippen MR) is 115 cm³/mol. The molecular weight excluding hydrogens is 338 g/mol. The van der Waals surface area contributed by atoms with Crippen LogP contribution in [0.25, 0.3) is 0 Å². The molecule has 1 aromatic carbocycles. The Balaban J connectivity index is 2.31. The van der Waals surface area contributed by atoms with E-state index in [4.69, 9.17) is 0 Å². The number of carbonyl (C=O) groups is 1. The molecule has 0 aromatic heterocycles. The summed E-state index contributed by atoms with van der Waals surface area (Å²) in [5.41, 5.74) is 1.87. The molecule has 0 unspecified atom stereocenters. The van der Waals surface area contributed by atoms with E-state index in [9.17, 15) is 4.79 Å². The van der Waals surface area contributed by atoms with E-state index < -0.39 is 0 Å². The highest BCUT2D eigenvalue weighted by Gasteiger charge is 2.08. The lowest BCUT2D eigenvalue weighted by molar-refractivity contribution is 0.0827. The number of benzene rings is 1. The van der Waals surface area contributed by atoms with Crippen LogP contribution in [-0.2, 0) is 6.42 Å². The van der Waals surface area contributed by atoms with E-state index in [-0.39, 0.29) is 5.91 Å². The Morgan fingerprint density at radius 2 is 1.78 bits per heavy atom. The van der Waals surface area contributed by atoms with Gasteiger partial charge in [0, 0.05) is 39.8 Å². The number of hydrogen-bond donors (Lipinski definition) is 2. The summed E-state index contributed by atoms with van der Waals surface area (Å²) in [6, 6.07) is 7.82. The maximum absolute atomic E-state index is 12.1. The predicted octanol–water partition coefficient (Wildman–Crippen LogP) is 2.22. The molecular formula is C21H37N5O. The van der Waals surface area contributed by atoms with E-state index in [1.54, 1.807) is 26.0 Å². The van der Waals surface area contributed by atoms with E-state index >= 15 is 0 Å². The summed E-state index contributed by atoms with van der Waals surface area (Å²) in [5, 5.41) is 6.71. The fourth-order valence-electron chi connectivity index (χ4n) is 2.87. The maximum Gasteiger partial charge on any atom is 0.253 e. The fraction of sp³-hybridized carbons (Fsp3) is 0.619. The Bertz CT molecular complexity index is 582. The van der Waals surface area contributed by atoms with Gasteiger partial charge in [-0.25, -0.2) is 0 Å². The van der Waals surface area contributed by atoms with E-state index in [1.807, 2.05) is 18.2 Å². The van der Waals surface area contributed by atoms with Crippen molar-refractivity contribution in [3.8, 4) is 0 Å². The summed E-state index contributed by atoms with van der Waals surface area (Å²) in [6.07, 6.45) is 3.17. The molecule has 1 amide bonds. The normalized spacial score (nSPS) is 11.6. The summed E-state index contributed by atoms with van der Waals surface area (Å²) in [5.74, 6) is 0.866. The minimum Gasteiger partial charge on any atom is -0.356 e.